The van der Waals surface area contributed by atoms with Gasteiger partial charge in [0.1, 0.15) is 6.10 Å². The van der Waals surface area contributed by atoms with Gasteiger partial charge in [0, 0.05) is 39.6 Å². The van der Waals surface area contributed by atoms with E-state index < -0.39 is 5.79 Å². The summed E-state index contributed by atoms with van der Waals surface area (Å²) in [4.78, 5) is 31.6. The number of amides is 2. The normalized spacial score (nSPS) is 20.0. The maximum Gasteiger partial charge on any atom is 0.262 e. The minimum Gasteiger partial charge on any atom is -0.353 e. The van der Waals surface area contributed by atoms with Gasteiger partial charge in [0.25, 0.3) is 11.8 Å². The topological polar surface area (TPSA) is 76.6 Å². The lowest BCUT2D eigenvalue weighted by molar-refractivity contribution is -0.139. The summed E-state index contributed by atoms with van der Waals surface area (Å²) < 4.78 is 14.2. The van der Waals surface area contributed by atoms with Crippen LogP contribution in [-0.2, 0) is 16.0 Å². The molecule has 1 atom stereocenters. The van der Waals surface area contributed by atoms with E-state index in [0.29, 0.717) is 24.3 Å². The molecular weight excluding hydrogens is 430 g/mol. The number of H-pyrrole nitrogens is 1. The van der Waals surface area contributed by atoms with E-state index in [9.17, 15) is 9.59 Å². The molecule has 0 bridgehead atoms. The number of ether oxygens (including phenoxy) is 2. The summed E-state index contributed by atoms with van der Waals surface area (Å²) in [6.07, 6.45) is -0.137. The Morgan fingerprint density at radius 2 is 1.65 bits per heavy atom. The van der Waals surface area contributed by atoms with Crippen molar-refractivity contribution in [3.63, 3.8) is 0 Å². The lowest BCUT2D eigenvalue weighted by atomic mass is 9.97. The number of fused-ring (bicyclic) bond motifs is 10. The van der Waals surface area contributed by atoms with Crippen LogP contribution in [0.5, 0.6) is 0 Å². The quantitative estimate of drug-likeness (QED) is 0.389. The van der Waals surface area contributed by atoms with Crippen molar-refractivity contribution in [3.05, 3.63) is 59.7 Å². The molecule has 1 unspecified atom stereocenters. The molecule has 1 saturated heterocycles. The largest absolute Gasteiger partial charge is 0.353 e. The fraction of sp³-hybridized carbons (Fsp3) is 0.259. The second kappa shape index (κ2) is 6.46. The van der Waals surface area contributed by atoms with E-state index >= 15 is 0 Å². The zero-order valence-corrected chi connectivity index (χ0v) is 19.1. The highest BCUT2D eigenvalue weighted by Crippen LogP contribution is 2.45. The highest BCUT2D eigenvalue weighted by atomic mass is 16.7. The van der Waals surface area contributed by atoms with Crippen LogP contribution in [0.2, 0.25) is 0 Å². The van der Waals surface area contributed by atoms with E-state index in [4.69, 9.17) is 9.47 Å². The van der Waals surface area contributed by atoms with Gasteiger partial charge in [-0.25, -0.2) is 0 Å². The summed E-state index contributed by atoms with van der Waals surface area (Å²) in [5, 5.41) is 3.49. The van der Waals surface area contributed by atoms with Crippen molar-refractivity contribution in [2.75, 3.05) is 13.7 Å². The molecule has 2 aromatic heterocycles. The molecule has 7 heteroatoms. The zero-order chi connectivity index (χ0) is 23.4. The minimum atomic E-state index is -0.633. The molecule has 4 heterocycles. The van der Waals surface area contributed by atoms with Gasteiger partial charge in [0.05, 0.1) is 35.3 Å². The maximum atomic E-state index is 13.4. The lowest BCUT2D eigenvalue weighted by Gasteiger charge is -2.18. The Morgan fingerprint density at radius 1 is 0.971 bits per heavy atom. The van der Waals surface area contributed by atoms with Gasteiger partial charge in [-0.3, -0.25) is 14.5 Å². The van der Waals surface area contributed by atoms with Crippen LogP contribution in [0.3, 0.4) is 0 Å². The number of hydrogen-bond acceptors (Lipinski definition) is 4. The maximum absolute atomic E-state index is 13.4. The van der Waals surface area contributed by atoms with Crippen LogP contribution in [0.1, 0.15) is 34.6 Å². The predicted octanol–water partition coefficient (Wildman–Crippen LogP) is 4.81. The molecule has 5 aromatic rings. The monoisotopic (exact) mass is 453 g/mol. The molecule has 170 valence electrons. The molecule has 2 aliphatic rings. The Balaban J connectivity index is 1.67. The Morgan fingerprint density at radius 3 is 2.38 bits per heavy atom. The molecule has 0 spiro atoms. The number of carbonyl (C=O) groups excluding carboxylic acids is 2. The smallest absolute Gasteiger partial charge is 0.262 e. The number of rotatable bonds is 2. The molecule has 0 aliphatic carbocycles. The van der Waals surface area contributed by atoms with Crippen LogP contribution in [0, 0.1) is 0 Å². The van der Waals surface area contributed by atoms with Crippen LogP contribution in [0.25, 0.3) is 43.6 Å². The van der Waals surface area contributed by atoms with Crippen LogP contribution in [0.4, 0.5) is 0 Å². The highest BCUT2D eigenvalue weighted by Gasteiger charge is 2.40. The van der Waals surface area contributed by atoms with Crippen LogP contribution < -0.4 is 0 Å². The van der Waals surface area contributed by atoms with Gasteiger partial charge >= 0.3 is 0 Å². The van der Waals surface area contributed by atoms with E-state index in [2.05, 4.69) is 15.6 Å². The molecule has 7 nitrogen and oxygen atoms in total. The SMILES string of the molecule is CN1C(=O)c2c(c3c4ccccc4n(CC4COC(C)(C)O4)c3c3[nH]c4ccccc4c23)C1=O. The van der Waals surface area contributed by atoms with Crippen molar-refractivity contribution in [2.45, 2.75) is 32.3 Å². The summed E-state index contributed by atoms with van der Waals surface area (Å²) in [5.41, 5.74) is 4.67. The standard InChI is InChI=1S/C27H23N3O4/c1-27(2)33-13-14(34-27)12-30-18-11-7-5-9-16(18)20-22-21(25(31)29(3)26(22)32)19-15-8-4-6-10-17(15)28-23(19)24(20)30/h4-11,14,28H,12-13H2,1-3H3. The molecule has 7 rings (SSSR count). The third-order valence-electron chi connectivity index (χ3n) is 7.15. The number of imide groups is 1. The van der Waals surface area contributed by atoms with Crippen LogP contribution >= 0.6 is 0 Å². The predicted molar refractivity (Wildman–Crippen MR) is 130 cm³/mol. The van der Waals surface area contributed by atoms with Gasteiger partial charge in [0.15, 0.2) is 5.79 Å². The Bertz CT molecular complexity index is 1710. The number of hydrogen-bond donors (Lipinski definition) is 1. The van der Waals surface area contributed by atoms with Gasteiger partial charge in [-0.15, -0.1) is 0 Å². The van der Waals surface area contributed by atoms with E-state index in [-0.39, 0.29) is 17.9 Å². The first kappa shape index (κ1) is 19.8. The van der Waals surface area contributed by atoms with Crippen molar-refractivity contribution >= 4 is 55.4 Å². The fourth-order valence-electron chi connectivity index (χ4n) is 5.75. The molecule has 0 saturated carbocycles. The average molecular weight is 453 g/mol. The van der Waals surface area contributed by atoms with Crippen molar-refractivity contribution in [1.29, 1.82) is 0 Å². The van der Waals surface area contributed by atoms with Gasteiger partial charge in [-0.05, 0) is 26.0 Å². The number of carbonyl (C=O) groups is 2. The molecule has 1 fully saturated rings. The Labute approximate surface area is 194 Å². The Kier molecular flexibility index (Phi) is 3.76. The van der Waals surface area contributed by atoms with Gasteiger partial charge in [-0.2, -0.15) is 0 Å². The first-order valence-corrected chi connectivity index (χ1v) is 11.5. The third kappa shape index (κ3) is 2.43. The second-order valence-electron chi connectivity index (χ2n) is 9.64. The number of aromatic nitrogens is 2. The van der Waals surface area contributed by atoms with Crippen molar-refractivity contribution in [3.8, 4) is 0 Å². The van der Waals surface area contributed by atoms with Crippen LogP contribution in [0.15, 0.2) is 48.5 Å². The second-order valence-corrected chi connectivity index (χ2v) is 9.64. The lowest BCUT2D eigenvalue weighted by Crippen LogP contribution is -2.24. The number of aromatic amines is 1. The van der Waals surface area contributed by atoms with E-state index in [0.717, 1.165) is 43.6 Å². The summed E-state index contributed by atoms with van der Waals surface area (Å²) in [5.74, 6) is -1.16. The summed E-state index contributed by atoms with van der Waals surface area (Å²) in [7, 11) is 1.56. The fourth-order valence-corrected chi connectivity index (χ4v) is 5.75. The first-order chi connectivity index (χ1) is 16.4. The van der Waals surface area contributed by atoms with E-state index in [1.54, 1.807) is 7.05 Å². The Hall–Kier alpha value is -3.68. The average Bonchev–Trinajstić information content (AvgIpc) is 3.52. The third-order valence-corrected chi connectivity index (χ3v) is 7.15. The summed E-state index contributed by atoms with van der Waals surface area (Å²) >= 11 is 0. The van der Waals surface area contributed by atoms with Gasteiger partial charge < -0.3 is 19.0 Å². The number of nitrogens with one attached hydrogen (secondary N) is 1. The van der Waals surface area contributed by atoms with E-state index in [1.807, 2.05) is 56.3 Å². The van der Waals surface area contributed by atoms with Gasteiger partial charge in [-0.1, -0.05) is 36.4 Å². The molecule has 1 N–H and O–H groups in total. The zero-order valence-electron chi connectivity index (χ0n) is 19.1. The molecule has 2 aliphatic heterocycles. The summed E-state index contributed by atoms with van der Waals surface area (Å²) in [6, 6.07) is 16.0. The minimum absolute atomic E-state index is 0.137. The molecule has 34 heavy (non-hydrogen) atoms. The van der Waals surface area contributed by atoms with Crippen molar-refractivity contribution in [2.24, 2.45) is 0 Å². The van der Waals surface area contributed by atoms with Crippen molar-refractivity contribution < 1.29 is 19.1 Å². The number of benzene rings is 3. The highest BCUT2D eigenvalue weighted by molar-refractivity contribution is 6.39. The van der Waals surface area contributed by atoms with Gasteiger partial charge in [0.2, 0.25) is 0 Å². The van der Waals surface area contributed by atoms with Crippen LogP contribution in [-0.4, -0.2) is 51.8 Å². The number of nitrogens with zero attached hydrogens (tertiary/aromatic N) is 2. The number of para-hydroxylation sites is 2. The summed E-state index contributed by atoms with van der Waals surface area (Å²) in [6.45, 7) is 4.89. The molecular formula is C27H23N3O4. The van der Waals surface area contributed by atoms with E-state index in [1.165, 1.54) is 4.90 Å². The molecule has 2 amide bonds. The first-order valence-electron chi connectivity index (χ1n) is 11.5. The molecule has 0 radical (unpaired) electrons. The van der Waals surface area contributed by atoms with Crippen molar-refractivity contribution in [1.82, 2.24) is 14.5 Å². The molecule has 3 aromatic carbocycles.